The monoisotopic (exact) mass is 305 g/mol. The highest BCUT2D eigenvalue weighted by Crippen LogP contribution is 2.25. The topological polar surface area (TPSA) is 106 Å². The number of nitrogens with zero attached hydrogens (tertiary/aromatic N) is 1. The van der Waals surface area contributed by atoms with Crippen molar-refractivity contribution >= 4 is 22.5 Å². The van der Waals surface area contributed by atoms with E-state index in [0.717, 1.165) is 0 Å². The van der Waals surface area contributed by atoms with Crippen LogP contribution in [0.1, 0.15) is 10.5 Å². The van der Waals surface area contributed by atoms with Crippen molar-refractivity contribution < 1.29 is 19.2 Å². The van der Waals surface area contributed by atoms with Gasteiger partial charge in [-0.15, -0.1) is 0 Å². The molecule has 1 fully saturated rings. The number of fused-ring (bicyclic) bond motifs is 1. The van der Waals surface area contributed by atoms with E-state index in [4.69, 9.17) is 9.47 Å². The lowest BCUT2D eigenvalue weighted by Crippen LogP contribution is -2.39. The number of aromatic nitrogens is 1. The average molecular weight is 305 g/mol. The predicted octanol–water partition coefficient (Wildman–Crippen LogP) is 1.22. The van der Waals surface area contributed by atoms with Gasteiger partial charge in [-0.05, 0) is 6.07 Å². The van der Waals surface area contributed by atoms with E-state index in [9.17, 15) is 14.9 Å². The number of hydrogen-bond acceptors (Lipinski definition) is 5. The number of para-hydroxylation sites is 1. The number of amides is 1. The Kier molecular flexibility index (Phi) is 4.03. The van der Waals surface area contributed by atoms with Crippen LogP contribution >= 0.6 is 0 Å². The van der Waals surface area contributed by atoms with Crippen LogP contribution in [0.3, 0.4) is 0 Å². The number of ether oxygens (including phenoxy) is 2. The lowest BCUT2D eigenvalue weighted by molar-refractivity contribution is -0.383. The highest BCUT2D eigenvalue weighted by atomic mass is 16.6. The highest BCUT2D eigenvalue weighted by molar-refractivity contribution is 6.00. The number of carbonyl (C=O) groups is 1. The van der Waals surface area contributed by atoms with E-state index in [0.29, 0.717) is 37.3 Å². The maximum absolute atomic E-state index is 12.1. The molecule has 3 rings (SSSR count). The van der Waals surface area contributed by atoms with E-state index >= 15 is 0 Å². The predicted molar refractivity (Wildman–Crippen MR) is 77.8 cm³/mol. The molecular weight excluding hydrogens is 290 g/mol. The molecule has 0 radical (unpaired) electrons. The number of H-pyrrole nitrogens is 1. The van der Waals surface area contributed by atoms with E-state index in [1.165, 1.54) is 6.07 Å². The molecule has 1 aliphatic rings. The molecule has 0 unspecified atom stereocenters. The summed E-state index contributed by atoms with van der Waals surface area (Å²) in [6, 6.07) is 6.29. The normalized spacial score (nSPS) is 18.3. The van der Waals surface area contributed by atoms with Crippen molar-refractivity contribution in [2.45, 2.75) is 6.10 Å². The Labute approximate surface area is 125 Å². The Balaban J connectivity index is 1.73. The molecule has 1 atom stereocenters. The van der Waals surface area contributed by atoms with Crippen molar-refractivity contribution in [2.75, 3.05) is 26.4 Å². The maximum atomic E-state index is 12.1. The van der Waals surface area contributed by atoms with Crippen molar-refractivity contribution in [3.8, 4) is 0 Å². The first-order valence-electron chi connectivity index (χ1n) is 6.89. The fourth-order valence-corrected chi connectivity index (χ4v) is 2.37. The zero-order chi connectivity index (χ0) is 15.5. The zero-order valence-corrected chi connectivity index (χ0v) is 11.7. The molecule has 8 nitrogen and oxygen atoms in total. The van der Waals surface area contributed by atoms with Gasteiger partial charge in [0.2, 0.25) is 0 Å². The lowest BCUT2D eigenvalue weighted by Gasteiger charge is -2.22. The standard InChI is InChI=1S/C14H15N3O5/c18-14(15-7-10-8-21-4-5-22-10)11-6-9-2-1-3-12(17(19)20)13(9)16-11/h1-3,6,10,16H,4-5,7-8H2,(H,15,18)/t10-/m1/s1. The smallest absolute Gasteiger partial charge is 0.293 e. The van der Waals surface area contributed by atoms with Crippen LogP contribution in [0.25, 0.3) is 10.9 Å². The first kappa shape index (κ1) is 14.5. The minimum atomic E-state index is -0.478. The number of nitro benzene ring substituents is 1. The number of rotatable bonds is 4. The summed E-state index contributed by atoms with van der Waals surface area (Å²) in [6.45, 7) is 1.85. The molecule has 1 aromatic heterocycles. The Bertz CT molecular complexity index is 706. The van der Waals surface area contributed by atoms with Crippen LogP contribution in [0, 0.1) is 10.1 Å². The largest absolute Gasteiger partial charge is 0.376 e. The Morgan fingerprint density at radius 1 is 1.45 bits per heavy atom. The van der Waals surface area contributed by atoms with Gasteiger partial charge in [0.15, 0.2) is 0 Å². The SMILES string of the molecule is O=C(NC[C@@H]1COCCO1)c1cc2cccc([N+](=O)[O-])c2[nH]1. The van der Waals surface area contributed by atoms with Gasteiger partial charge in [0, 0.05) is 18.0 Å². The summed E-state index contributed by atoms with van der Waals surface area (Å²) in [5.74, 6) is -0.334. The summed E-state index contributed by atoms with van der Waals surface area (Å²) < 4.78 is 10.7. The van der Waals surface area contributed by atoms with Gasteiger partial charge in [-0.2, -0.15) is 0 Å². The number of benzene rings is 1. The Morgan fingerprint density at radius 3 is 3.05 bits per heavy atom. The molecule has 2 aromatic rings. The summed E-state index contributed by atoms with van der Waals surface area (Å²) in [5.41, 5.74) is 0.566. The number of carbonyl (C=O) groups excluding carboxylic acids is 1. The van der Waals surface area contributed by atoms with E-state index in [1.54, 1.807) is 18.2 Å². The van der Waals surface area contributed by atoms with Gasteiger partial charge >= 0.3 is 0 Å². The van der Waals surface area contributed by atoms with E-state index in [-0.39, 0.29) is 23.4 Å². The molecule has 8 heteroatoms. The van der Waals surface area contributed by atoms with Gasteiger partial charge < -0.3 is 19.8 Å². The summed E-state index contributed by atoms with van der Waals surface area (Å²) in [7, 11) is 0. The second kappa shape index (κ2) is 6.12. The molecule has 1 aliphatic heterocycles. The number of non-ortho nitro benzene ring substituents is 1. The number of nitrogens with one attached hydrogen (secondary N) is 2. The Hall–Kier alpha value is -2.45. The maximum Gasteiger partial charge on any atom is 0.293 e. The fraction of sp³-hybridized carbons (Fsp3) is 0.357. The molecular formula is C14H15N3O5. The fourth-order valence-electron chi connectivity index (χ4n) is 2.37. The zero-order valence-electron chi connectivity index (χ0n) is 11.7. The van der Waals surface area contributed by atoms with Crippen LogP contribution in [0.5, 0.6) is 0 Å². The minimum Gasteiger partial charge on any atom is -0.376 e. The van der Waals surface area contributed by atoms with E-state index < -0.39 is 4.92 Å². The molecule has 2 heterocycles. The van der Waals surface area contributed by atoms with Gasteiger partial charge in [0.25, 0.3) is 11.6 Å². The molecule has 0 spiro atoms. The molecule has 0 aliphatic carbocycles. The third kappa shape index (κ3) is 2.92. The van der Waals surface area contributed by atoms with Crippen LogP contribution in [-0.4, -0.2) is 48.3 Å². The second-order valence-electron chi connectivity index (χ2n) is 4.96. The third-order valence-electron chi connectivity index (χ3n) is 3.45. The van der Waals surface area contributed by atoms with Crippen molar-refractivity contribution in [3.05, 3.63) is 40.1 Å². The van der Waals surface area contributed by atoms with Gasteiger partial charge in [0.1, 0.15) is 11.2 Å². The van der Waals surface area contributed by atoms with Crippen LogP contribution in [-0.2, 0) is 9.47 Å². The molecule has 116 valence electrons. The molecule has 1 aromatic carbocycles. The van der Waals surface area contributed by atoms with E-state index in [2.05, 4.69) is 10.3 Å². The van der Waals surface area contributed by atoms with Gasteiger partial charge in [-0.25, -0.2) is 0 Å². The number of nitro groups is 1. The average Bonchev–Trinajstić information content (AvgIpc) is 2.97. The summed E-state index contributed by atoms with van der Waals surface area (Å²) in [4.78, 5) is 25.4. The van der Waals surface area contributed by atoms with Crippen LogP contribution in [0.4, 0.5) is 5.69 Å². The van der Waals surface area contributed by atoms with Gasteiger partial charge in [-0.3, -0.25) is 14.9 Å². The van der Waals surface area contributed by atoms with Gasteiger partial charge in [-0.1, -0.05) is 12.1 Å². The molecule has 1 amide bonds. The van der Waals surface area contributed by atoms with Crippen LogP contribution in [0.15, 0.2) is 24.3 Å². The highest BCUT2D eigenvalue weighted by Gasteiger charge is 2.19. The summed E-state index contributed by atoms with van der Waals surface area (Å²) in [6.07, 6.45) is -0.170. The first-order chi connectivity index (χ1) is 10.6. The molecule has 2 N–H and O–H groups in total. The lowest BCUT2D eigenvalue weighted by atomic mass is 10.2. The summed E-state index contributed by atoms with van der Waals surface area (Å²) >= 11 is 0. The van der Waals surface area contributed by atoms with Crippen LogP contribution < -0.4 is 5.32 Å². The molecule has 0 bridgehead atoms. The van der Waals surface area contributed by atoms with Crippen molar-refractivity contribution in [3.63, 3.8) is 0 Å². The van der Waals surface area contributed by atoms with E-state index in [1.807, 2.05) is 0 Å². The quantitative estimate of drug-likeness (QED) is 0.652. The molecule has 1 saturated heterocycles. The van der Waals surface area contributed by atoms with Crippen LogP contribution in [0.2, 0.25) is 0 Å². The molecule has 22 heavy (non-hydrogen) atoms. The summed E-state index contributed by atoms with van der Waals surface area (Å²) in [5, 5.41) is 14.3. The first-order valence-corrected chi connectivity index (χ1v) is 6.89. The van der Waals surface area contributed by atoms with Crippen molar-refractivity contribution in [2.24, 2.45) is 0 Å². The van der Waals surface area contributed by atoms with Crippen molar-refractivity contribution in [1.29, 1.82) is 0 Å². The van der Waals surface area contributed by atoms with Crippen molar-refractivity contribution in [1.82, 2.24) is 10.3 Å². The Morgan fingerprint density at radius 2 is 2.32 bits per heavy atom. The second-order valence-corrected chi connectivity index (χ2v) is 4.96. The minimum absolute atomic E-state index is 0.0550. The van der Waals surface area contributed by atoms with Gasteiger partial charge in [0.05, 0.1) is 30.8 Å². The number of aromatic amines is 1. The number of hydrogen-bond donors (Lipinski definition) is 2. The third-order valence-corrected chi connectivity index (χ3v) is 3.45. The molecule has 0 saturated carbocycles.